The van der Waals surface area contributed by atoms with Crippen LogP contribution in [0.15, 0.2) is 42.5 Å². The number of halogens is 1. The topological polar surface area (TPSA) is 74.3 Å². The van der Waals surface area contributed by atoms with Gasteiger partial charge < -0.3 is 10.6 Å². The molecule has 1 unspecified atom stereocenters. The van der Waals surface area contributed by atoms with E-state index in [2.05, 4.69) is 21.7 Å². The average Bonchev–Trinajstić information content (AvgIpc) is 2.83. The third kappa shape index (κ3) is 5.58. The Morgan fingerprint density at radius 1 is 1.18 bits per heavy atom. The second kappa shape index (κ2) is 10.4. The molecule has 1 saturated heterocycles. The molecule has 0 radical (unpaired) electrons. The smallest absolute Gasteiger partial charge is 0.257 e. The van der Waals surface area contributed by atoms with Crippen LogP contribution in [0, 0.1) is 0 Å². The first kappa shape index (κ1) is 23.4. The molecule has 1 atom stereocenters. The van der Waals surface area contributed by atoms with Crippen molar-refractivity contribution in [1.82, 2.24) is 15.2 Å². The highest BCUT2D eigenvalue weighted by Crippen LogP contribution is 2.32. The standard InChI is InChI=1S/C26H33FN4O2/c1-19(32)23(20-7-3-2-4-8-20)31-17-13-26(27,14-18-31)25(33)29-16-6-10-22-12-11-21-9-5-15-28-24(21)30-22/h2-4,7-8,11-12,23H,5-6,9-10,13-18H2,1H3,(H,28,30)(H,29,33). The molecule has 7 heteroatoms. The van der Waals surface area contributed by atoms with Gasteiger partial charge in [0.1, 0.15) is 5.82 Å². The van der Waals surface area contributed by atoms with Gasteiger partial charge in [0.2, 0.25) is 0 Å². The number of aromatic nitrogens is 1. The van der Waals surface area contributed by atoms with Crippen LogP contribution in [0.2, 0.25) is 0 Å². The number of aryl methyl sites for hydroxylation is 2. The summed E-state index contributed by atoms with van der Waals surface area (Å²) >= 11 is 0. The molecule has 1 aromatic carbocycles. The van der Waals surface area contributed by atoms with E-state index in [0.29, 0.717) is 26.1 Å². The number of anilines is 1. The lowest BCUT2D eigenvalue weighted by molar-refractivity contribution is -0.137. The van der Waals surface area contributed by atoms with Crippen molar-refractivity contribution in [1.29, 1.82) is 0 Å². The Balaban J connectivity index is 1.25. The minimum absolute atomic E-state index is 0.0306. The summed E-state index contributed by atoms with van der Waals surface area (Å²) in [5, 5.41) is 6.11. The van der Waals surface area contributed by atoms with E-state index in [-0.39, 0.29) is 18.6 Å². The normalized spacial score (nSPS) is 18.6. The summed E-state index contributed by atoms with van der Waals surface area (Å²) in [6.45, 7) is 3.67. The molecule has 1 amide bonds. The molecule has 1 aromatic heterocycles. The Hall–Kier alpha value is -2.80. The molecule has 0 aliphatic carbocycles. The highest BCUT2D eigenvalue weighted by molar-refractivity contribution is 5.85. The fraction of sp³-hybridized carbons (Fsp3) is 0.500. The van der Waals surface area contributed by atoms with Crippen molar-refractivity contribution < 1.29 is 14.0 Å². The van der Waals surface area contributed by atoms with Gasteiger partial charge in [-0.05, 0) is 49.8 Å². The third-order valence-electron chi connectivity index (χ3n) is 6.71. The van der Waals surface area contributed by atoms with Crippen molar-refractivity contribution in [3.8, 4) is 0 Å². The van der Waals surface area contributed by atoms with Crippen molar-refractivity contribution in [2.45, 2.75) is 57.2 Å². The minimum Gasteiger partial charge on any atom is -0.370 e. The summed E-state index contributed by atoms with van der Waals surface area (Å²) in [6.07, 6.45) is 3.81. The molecular weight excluding hydrogens is 419 g/mol. The zero-order valence-electron chi connectivity index (χ0n) is 19.3. The first-order chi connectivity index (χ1) is 16.0. The van der Waals surface area contributed by atoms with Gasteiger partial charge in [-0.15, -0.1) is 0 Å². The van der Waals surface area contributed by atoms with Crippen molar-refractivity contribution in [2.24, 2.45) is 0 Å². The Labute approximate surface area is 195 Å². The van der Waals surface area contributed by atoms with E-state index in [1.165, 1.54) is 5.56 Å². The molecule has 176 valence electrons. The number of likely N-dealkylation sites (tertiary alicyclic amines) is 1. The van der Waals surface area contributed by atoms with Crippen LogP contribution in [0.3, 0.4) is 0 Å². The number of benzene rings is 1. The maximum Gasteiger partial charge on any atom is 0.257 e. The summed E-state index contributed by atoms with van der Waals surface area (Å²) in [4.78, 5) is 31.5. The molecule has 3 heterocycles. The van der Waals surface area contributed by atoms with Gasteiger partial charge in [-0.3, -0.25) is 14.5 Å². The molecule has 2 aliphatic heterocycles. The molecule has 1 fully saturated rings. The SMILES string of the molecule is CC(=O)C(c1ccccc1)N1CCC(F)(C(=O)NCCCc2ccc3c(n2)NCCC3)CC1. The molecule has 0 bridgehead atoms. The van der Waals surface area contributed by atoms with Crippen molar-refractivity contribution in [3.05, 3.63) is 59.3 Å². The number of nitrogens with zero attached hydrogens (tertiary/aromatic N) is 2. The monoisotopic (exact) mass is 452 g/mol. The van der Waals surface area contributed by atoms with Crippen LogP contribution >= 0.6 is 0 Å². The Bertz CT molecular complexity index is 974. The maximum atomic E-state index is 15.4. The number of Topliss-reactive ketones (excluding diaryl/α,β-unsaturated/α-hetero) is 1. The van der Waals surface area contributed by atoms with Crippen molar-refractivity contribution in [2.75, 3.05) is 31.5 Å². The molecule has 6 nitrogen and oxygen atoms in total. The Morgan fingerprint density at radius 3 is 2.67 bits per heavy atom. The van der Waals surface area contributed by atoms with Gasteiger partial charge in [0.15, 0.2) is 11.5 Å². The Kier molecular flexibility index (Phi) is 7.38. The summed E-state index contributed by atoms with van der Waals surface area (Å²) in [6, 6.07) is 13.3. The van der Waals surface area contributed by atoms with Crippen LogP contribution in [0.4, 0.5) is 10.2 Å². The number of carbonyl (C=O) groups excluding carboxylic acids is 2. The number of rotatable bonds is 8. The predicted molar refractivity (Wildman–Crippen MR) is 127 cm³/mol. The summed E-state index contributed by atoms with van der Waals surface area (Å²) in [5.74, 6) is 0.459. The first-order valence-corrected chi connectivity index (χ1v) is 12.0. The number of fused-ring (bicyclic) bond motifs is 1. The van der Waals surface area contributed by atoms with Crippen molar-refractivity contribution in [3.63, 3.8) is 0 Å². The number of ketones is 1. The first-order valence-electron chi connectivity index (χ1n) is 12.0. The number of pyridine rings is 1. The third-order valence-corrected chi connectivity index (χ3v) is 6.71. The quantitative estimate of drug-likeness (QED) is 0.599. The highest BCUT2D eigenvalue weighted by Gasteiger charge is 2.43. The summed E-state index contributed by atoms with van der Waals surface area (Å²) in [7, 11) is 0. The number of piperidine rings is 1. The number of hydrogen-bond acceptors (Lipinski definition) is 5. The molecule has 4 rings (SSSR count). The number of alkyl halides is 1. The van der Waals surface area contributed by atoms with E-state index >= 15 is 4.39 Å². The number of nitrogens with one attached hydrogen (secondary N) is 2. The zero-order chi connectivity index (χ0) is 23.3. The van der Waals surface area contributed by atoms with Crippen LogP contribution in [0.5, 0.6) is 0 Å². The number of amides is 1. The van der Waals surface area contributed by atoms with E-state index in [4.69, 9.17) is 0 Å². The van der Waals surface area contributed by atoms with Crippen molar-refractivity contribution >= 4 is 17.5 Å². The largest absolute Gasteiger partial charge is 0.370 e. The van der Waals surface area contributed by atoms with Gasteiger partial charge >= 0.3 is 0 Å². The van der Waals surface area contributed by atoms with Crippen LogP contribution in [-0.4, -0.2) is 53.4 Å². The lowest BCUT2D eigenvalue weighted by atomic mass is 9.89. The van der Waals surface area contributed by atoms with Gasteiger partial charge in [-0.2, -0.15) is 0 Å². The second-order valence-electron chi connectivity index (χ2n) is 9.13. The average molecular weight is 453 g/mol. The van der Waals surface area contributed by atoms with Crippen LogP contribution in [-0.2, 0) is 22.4 Å². The fourth-order valence-electron chi connectivity index (χ4n) is 4.84. The maximum absolute atomic E-state index is 15.4. The van der Waals surface area contributed by atoms with Gasteiger partial charge in [-0.1, -0.05) is 36.4 Å². The van der Waals surface area contributed by atoms with E-state index < -0.39 is 17.6 Å². The molecule has 2 aromatic rings. The van der Waals surface area contributed by atoms with E-state index in [9.17, 15) is 9.59 Å². The van der Waals surface area contributed by atoms with Crippen LogP contribution in [0.25, 0.3) is 0 Å². The van der Waals surface area contributed by atoms with E-state index in [0.717, 1.165) is 42.9 Å². The van der Waals surface area contributed by atoms with E-state index in [1.54, 1.807) is 6.92 Å². The van der Waals surface area contributed by atoms with E-state index in [1.807, 2.05) is 41.3 Å². The van der Waals surface area contributed by atoms with Gasteiger partial charge in [-0.25, -0.2) is 9.37 Å². The molecule has 33 heavy (non-hydrogen) atoms. The van der Waals surface area contributed by atoms with Gasteiger partial charge in [0, 0.05) is 44.7 Å². The van der Waals surface area contributed by atoms with Crippen LogP contribution in [0.1, 0.15) is 55.5 Å². The number of carbonyl (C=O) groups is 2. The lowest BCUT2D eigenvalue weighted by Crippen LogP contribution is -2.52. The molecular formula is C26H33FN4O2. The molecule has 0 saturated carbocycles. The zero-order valence-corrected chi connectivity index (χ0v) is 19.3. The highest BCUT2D eigenvalue weighted by atomic mass is 19.1. The van der Waals surface area contributed by atoms with Gasteiger partial charge in [0.25, 0.3) is 5.91 Å². The summed E-state index contributed by atoms with van der Waals surface area (Å²) < 4.78 is 15.4. The number of hydrogen-bond donors (Lipinski definition) is 2. The van der Waals surface area contributed by atoms with Crippen LogP contribution < -0.4 is 10.6 Å². The molecule has 2 aliphatic rings. The lowest BCUT2D eigenvalue weighted by Gasteiger charge is -2.39. The minimum atomic E-state index is -1.89. The molecule has 0 spiro atoms. The second-order valence-corrected chi connectivity index (χ2v) is 9.13. The fourth-order valence-corrected chi connectivity index (χ4v) is 4.84. The Morgan fingerprint density at radius 2 is 1.94 bits per heavy atom. The predicted octanol–water partition coefficient (Wildman–Crippen LogP) is 3.62. The molecule has 2 N–H and O–H groups in total. The van der Waals surface area contributed by atoms with Gasteiger partial charge in [0.05, 0.1) is 6.04 Å². The summed E-state index contributed by atoms with van der Waals surface area (Å²) in [5.41, 5.74) is 1.26.